The van der Waals surface area contributed by atoms with Gasteiger partial charge in [-0.25, -0.2) is 0 Å². The van der Waals surface area contributed by atoms with Gasteiger partial charge in [-0.05, 0) is 52.8 Å². The number of hydrogen-bond donors (Lipinski definition) is 1. The summed E-state index contributed by atoms with van der Waals surface area (Å²) in [6.45, 7) is 2.15. The van der Waals surface area contributed by atoms with Crippen LogP contribution >= 0.6 is 22.6 Å². The average Bonchev–Trinajstić information content (AvgIpc) is 1.88. The maximum Gasteiger partial charge on any atom is 0.0684 e. The molecule has 54 valence electrons. The summed E-state index contributed by atoms with van der Waals surface area (Å²) in [6, 6.07) is 6.02. The summed E-state index contributed by atoms with van der Waals surface area (Å²) in [6.07, 6.45) is 0. The van der Waals surface area contributed by atoms with E-state index in [2.05, 4.69) is 28.7 Å². The predicted octanol–water partition coefficient (Wildman–Crippen LogP) is 2.09. The van der Waals surface area contributed by atoms with Gasteiger partial charge in [0.2, 0.25) is 0 Å². The Kier molecular flexibility index (Phi) is 2.68. The zero-order valence-corrected chi connectivity index (χ0v) is 7.92. The summed E-state index contributed by atoms with van der Waals surface area (Å²) in [4.78, 5) is 0. The number of aryl methyl sites for hydroxylation is 1. The summed E-state index contributed by atoms with van der Waals surface area (Å²) >= 11 is 2.26. The number of aliphatic hydroxyl groups excluding tert-OH is 1. The van der Waals surface area contributed by atoms with Crippen molar-refractivity contribution in [1.29, 1.82) is 0 Å². The van der Waals surface area contributed by atoms with Gasteiger partial charge in [0.25, 0.3) is 0 Å². The molecule has 1 aromatic rings. The van der Waals surface area contributed by atoms with Crippen molar-refractivity contribution in [1.82, 2.24) is 0 Å². The molecule has 1 aromatic carbocycles. The smallest absolute Gasteiger partial charge is 0.0684 e. The van der Waals surface area contributed by atoms with Crippen molar-refractivity contribution in [3.05, 3.63) is 32.9 Å². The molecule has 2 heteroatoms. The summed E-state index contributed by atoms with van der Waals surface area (Å²) in [7, 11) is 0. The van der Waals surface area contributed by atoms with Gasteiger partial charge >= 0.3 is 0 Å². The molecule has 0 aromatic heterocycles. The molecule has 1 rings (SSSR count). The van der Waals surface area contributed by atoms with Gasteiger partial charge < -0.3 is 5.11 Å². The lowest BCUT2D eigenvalue weighted by molar-refractivity contribution is 0.281. The maximum absolute atomic E-state index is 8.81. The SMILES string of the molecule is Cc1cc(I)ccc1CO. The first-order valence-corrected chi connectivity index (χ1v) is 4.18. The van der Waals surface area contributed by atoms with Crippen molar-refractivity contribution in [2.24, 2.45) is 0 Å². The van der Waals surface area contributed by atoms with Gasteiger partial charge in [0.1, 0.15) is 0 Å². The Morgan fingerprint density at radius 1 is 1.50 bits per heavy atom. The second kappa shape index (κ2) is 3.34. The minimum absolute atomic E-state index is 0.142. The highest BCUT2D eigenvalue weighted by molar-refractivity contribution is 14.1. The van der Waals surface area contributed by atoms with Crippen molar-refractivity contribution < 1.29 is 5.11 Å². The zero-order valence-electron chi connectivity index (χ0n) is 5.76. The topological polar surface area (TPSA) is 20.2 Å². The van der Waals surface area contributed by atoms with Crippen LogP contribution in [0.5, 0.6) is 0 Å². The second-order valence-electron chi connectivity index (χ2n) is 2.23. The molecule has 0 fully saturated rings. The highest BCUT2D eigenvalue weighted by Crippen LogP contribution is 2.12. The number of halogens is 1. The largest absolute Gasteiger partial charge is 0.392 e. The van der Waals surface area contributed by atoms with Crippen LogP contribution in [0.4, 0.5) is 0 Å². The molecule has 1 N–H and O–H groups in total. The first-order chi connectivity index (χ1) is 4.74. The molecule has 0 saturated heterocycles. The Morgan fingerprint density at radius 2 is 2.20 bits per heavy atom. The van der Waals surface area contributed by atoms with Crippen molar-refractivity contribution in [3.63, 3.8) is 0 Å². The quantitative estimate of drug-likeness (QED) is 0.754. The van der Waals surface area contributed by atoms with E-state index in [0.29, 0.717) is 0 Å². The molecule has 0 saturated carbocycles. The third-order valence-electron chi connectivity index (χ3n) is 1.47. The van der Waals surface area contributed by atoms with E-state index in [1.807, 2.05) is 19.1 Å². The minimum Gasteiger partial charge on any atom is -0.392 e. The van der Waals surface area contributed by atoms with E-state index in [0.717, 1.165) is 11.1 Å². The molecule has 0 amide bonds. The number of aliphatic hydroxyl groups is 1. The summed E-state index contributed by atoms with van der Waals surface area (Å²) < 4.78 is 1.22. The van der Waals surface area contributed by atoms with E-state index in [4.69, 9.17) is 5.11 Å². The Hall–Kier alpha value is -0.0900. The molecule has 10 heavy (non-hydrogen) atoms. The highest BCUT2D eigenvalue weighted by atomic mass is 127. The third-order valence-corrected chi connectivity index (χ3v) is 2.15. The van der Waals surface area contributed by atoms with E-state index < -0.39 is 0 Å². The van der Waals surface area contributed by atoms with Crippen molar-refractivity contribution in [2.45, 2.75) is 13.5 Å². The van der Waals surface area contributed by atoms with Crippen molar-refractivity contribution in [3.8, 4) is 0 Å². The van der Waals surface area contributed by atoms with Crippen LogP contribution in [-0.2, 0) is 6.61 Å². The molecule has 0 atom stereocenters. The molecule has 1 nitrogen and oxygen atoms in total. The van der Waals surface area contributed by atoms with E-state index in [9.17, 15) is 0 Å². The number of rotatable bonds is 1. The highest BCUT2D eigenvalue weighted by Gasteiger charge is 1.95. The molecule has 0 unspecified atom stereocenters. The first kappa shape index (κ1) is 8.01. The van der Waals surface area contributed by atoms with E-state index >= 15 is 0 Å². The van der Waals surface area contributed by atoms with Gasteiger partial charge in [0.15, 0.2) is 0 Å². The molecule has 0 bridgehead atoms. The standard InChI is InChI=1S/C8H9IO/c1-6-4-8(9)3-2-7(6)5-10/h2-4,10H,5H2,1H3. The monoisotopic (exact) mass is 248 g/mol. The molecule has 0 radical (unpaired) electrons. The Labute approximate surface area is 74.2 Å². The van der Waals surface area contributed by atoms with Crippen molar-refractivity contribution in [2.75, 3.05) is 0 Å². The first-order valence-electron chi connectivity index (χ1n) is 3.10. The zero-order chi connectivity index (χ0) is 7.56. The van der Waals surface area contributed by atoms with Crippen LogP contribution in [0.2, 0.25) is 0 Å². The maximum atomic E-state index is 8.81. The minimum atomic E-state index is 0.142. The Bertz CT molecular complexity index is 233. The van der Waals surface area contributed by atoms with Crippen LogP contribution in [-0.4, -0.2) is 5.11 Å². The average molecular weight is 248 g/mol. The lowest BCUT2D eigenvalue weighted by atomic mass is 10.1. The molecule has 0 heterocycles. The molecular formula is C8H9IO. The normalized spacial score (nSPS) is 9.90. The molecule has 0 aliphatic carbocycles. The fourth-order valence-corrected chi connectivity index (χ4v) is 1.48. The molecule has 0 aliphatic heterocycles. The van der Waals surface area contributed by atoms with Crippen LogP contribution in [0.15, 0.2) is 18.2 Å². The van der Waals surface area contributed by atoms with Gasteiger partial charge in [-0.3, -0.25) is 0 Å². The fourth-order valence-electron chi connectivity index (χ4n) is 0.837. The van der Waals surface area contributed by atoms with Gasteiger partial charge in [-0.15, -0.1) is 0 Å². The lowest BCUT2D eigenvalue weighted by Gasteiger charge is -2.00. The van der Waals surface area contributed by atoms with Crippen LogP contribution in [0.1, 0.15) is 11.1 Å². The van der Waals surface area contributed by atoms with Crippen LogP contribution in [0.25, 0.3) is 0 Å². The number of hydrogen-bond acceptors (Lipinski definition) is 1. The van der Waals surface area contributed by atoms with E-state index in [-0.39, 0.29) is 6.61 Å². The summed E-state index contributed by atoms with van der Waals surface area (Å²) in [5, 5.41) is 8.81. The van der Waals surface area contributed by atoms with Crippen LogP contribution in [0, 0.1) is 10.5 Å². The molecule has 0 spiro atoms. The predicted molar refractivity (Wildman–Crippen MR) is 49.8 cm³/mol. The van der Waals surface area contributed by atoms with Crippen LogP contribution < -0.4 is 0 Å². The van der Waals surface area contributed by atoms with E-state index in [1.165, 1.54) is 3.57 Å². The fraction of sp³-hybridized carbons (Fsp3) is 0.250. The van der Waals surface area contributed by atoms with Crippen molar-refractivity contribution >= 4 is 22.6 Å². The summed E-state index contributed by atoms with van der Waals surface area (Å²) in [5.41, 5.74) is 2.18. The van der Waals surface area contributed by atoms with E-state index in [1.54, 1.807) is 0 Å². The van der Waals surface area contributed by atoms with Gasteiger partial charge in [-0.1, -0.05) is 6.07 Å². The molecular weight excluding hydrogens is 239 g/mol. The van der Waals surface area contributed by atoms with Crippen LogP contribution in [0.3, 0.4) is 0 Å². The van der Waals surface area contributed by atoms with Gasteiger partial charge in [-0.2, -0.15) is 0 Å². The summed E-state index contributed by atoms with van der Waals surface area (Å²) in [5.74, 6) is 0. The van der Waals surface area contributed by atoms with Gasteiger partial charge in [0, 0.05) is 3.57 Å². The Morgan fingerprint density at radius 3 is 2.70 bits per heavy atom. The lowest BCUT2D eigenvalue weighted by Crippen LogP contribution is -1.87. The molecule has 0 aliphatic rings. The second-order valence-corrected chi connectivity index (χ2v) is 3.47. The Balaban J connectivity index is 3.07. The third kappa shape index (κ3) is 1.70. The number of benzene rings is 1. The van der Waals surface area contributed by atoms with Gasteiger partial charge in [0.05, 0.1) is 6.61 Å².